The van der Waals surface area contributed by atoms with Crippen LogP contribution in [0.3, 0.4) is 0 Å². The molecule has 0 bridgehead atoms. The van der Waals surface area contributed by atoms with Gasteiger partial charge in [0, 0.05) is 32.3 Å². The van der Waals surface area contributed by atoms with Crippen LogP contribution in [-0.2, 0) is 16.1 Å². The molecule has 2 unspecified atom stereocenters. The molecule has 1 saturated heterocycles. The molecule has 1 aliphatic heterocycles. The van der Waals surface area contributed by atoms with Gasteiger partial charge in [-0.05, 0) is 27.7 Å². The van der Waals surface area contributed by atoms with E-state index >= 15 is 0 Å². The number of rotatable bonds is 6. The molecule has 0 aromatic carbocycles. The number of nitrogens with zero attached hydrogens (tertiary/aromatic N) is 3. The summed E-state index contributed by atoms with van der Waals surface area (Å²) >= 11 is 0. The van der Waals surface area contributed by atoms with E-state index < -0.39 is 0 Å². The van der Waals surface area contributed by atoms with E-state index in [4.69, 9.17) is 9.47 Å². The van der Waals surface area contributed by atoms with Gasteiger partial charge in [-0.3, -0.25) is 0 Å². The van der Waals surface area contributed by atoms with E-state index in [1.54, 1.807) is 0 Å². The highest BCUT2D eigenvalue weighted by atomic mass is 16.5. The molecule has 1 aromatic rings. The number of morpholine rings is 1. The first-order valence-corrected chi connectivity index (χ1v) is 7.72. The molecule has 6 heteroatoms. The molecule has 21 heavy (non-hydrogen) atoms. The highest BCUT2D eigenvalue weighted by Gasteiger charge is 2.24. The Morgan fingerprint density at radius 2 is 2.00 bits per heavy atom. The zero-order valence-electron chi connectivity index (χ0n) is 13.4. The van der Waals surface area contributed by atoms with Crippen molar-refractivity contribution < 1.29 is 9.47 Å². The third-order valence-corrected chi connectivity index (χ3v) is 3.30. The van der Waals surface area contributed by atoms with Crippen molar-refractivity contribution in [1.82, 2.24) is 9.97 Å². The summed E-state index contributed by atoms with van der Waals surface area (Å²) in [6, 6.07) is 2.00. The summed E-state index contributed by atoms with van der Waals surface area (Å²) < 4.78 is 11.2. The molecule has 0 saturated carbocycles. The SMILES string of the molecule is CCNc1cc(N2CC(C)OC(C)C2)nc(COCC)n1. The number of hydrogen-bond donors (Lipinski definition) is 1. The first-order chi connectivity index (χ1) is 10.1. The van der Waals surface area contributed by atoms with Crippen LogP contribution in [0, 0.1) is 0 Å². The Hall–Kier alpha value is -1.40. The summed E-state index contributed by atoms with van der Waals surface area (Å²) in [6.45, 7) is 11.9. The average Bonchev–Trinajstić information content (AvgIpc) is 2.44. The molecular weight excluding hydrogens is 268 g/mol. The van der Waals surface area contributed by atoms with Crippen molar-refractivity contribution >= 4 is 11.6 Å². The summed E-state index contributed by atoms with van der Waals surface area (Å²) in [7, 11) is 0. The number of nitrogens with one attached hydrogen (secondary N) is 1. The standard InChI is InChI=1S/C15H26N4O2/c1-5-16-13-7-15(18-14(17-13)10-20-6-2)19-8-11(3)21-12(4)9-19/h7,11-12H,5-6,8-10H2,1-4H3,(H,16,17,18). The second kappa shape index (κ2) is 7.56. The van der Waals surface area contributed by atoms with E-state index in [1.807, 2.05) is 13.0 Å². The van der Waals surface area contributed by atoms with E-state index in [-0.39, 0.29) is 12.2 Å². The number of hydrogen-bond acceptors (Lipinski definition) is 6. The van der Waals surface area contributed by atoms with Gasteiger partial charge in [0.05, 0.1) is 12.2 Å². The molecule has 0 aliphatic carbocycles. The monoisotopic (exact) mass is 294 g/mol. The molecule has 0 amide bonds. The van der Waals surface area contributed by atoms with E-state index in [1.165, 1.54) is 0 Å². The Morgan fingerprint density at radius 1 is 1.29 bits per heavy atom. The second-order valence-electron chi connectivity index (χ2n) is 5.36. The number of aromatic nitrogens is 2. The van der Waals surface area contributed by atoms with Crippen LogP contribution in [0.1, 0.15) is 33.5 Å². The van der Waals surface area contributed by atoms with Crippen LogP contribution < -0.4 is 10.2 Å². The van der Waals surface area contributed by atoms with Gasteiger partial charge in [-0.25, -0.2) is 9.97 Å². The first kappa shape index (κ1) is 16.0. The maximum absolute atomic E-state index is 5.79. The fourth-order valence-corrected chi connectivity index (χ4v) is 2.54. The van der Waals surface area contributed by atoms with Crippen molar-refractivity contribution in [2.24, 2.45) is 0 Å². The summed E-state index contributed by atoms with van der Waals surface area (Å²) in [4.78, 5) is 11.4. The molecule has 6 nitrogen and oxygen atoms in total. The zero-order valence-corrected chi connectivity index (χ0v) is 13.4. The van der Waals surface area contributed by atoms with Gasteiger partial charge in [-0.1, -0.05) is 0 Å². The van der Waals surface area contributed by atoms with E-state index in [2.05, 4.69) is 41.0 Å². The summed E-state index contributed by atoms with van der Waals surface area (Å²) in [5.41, 5.74) is 0. The van der Waals surface area contributed by atoms with Crippen molar-refractivity contribution in [3.63, 3.8) is 0 Å². The minimum atomic E-state index is 0.210. The quantitative estimate of drug-likeness (QED) is 0.866. The first-order valence-electron chi connectivity index (χ1n) is 7.72. The van der Waals surface area contributed by atoms with Gasteiger partial charge in [0.15, 0.2) is 5.82 Å². The molecular formula is C15H26N4O2. The van der Waals surface area contributed by atoms with Crippen molar-refractivity contribution in [2.45, 2.75) is 46.5 Å². The lowest BCUT2D eigenvalue weighted by Crippen LogP contribution is -2.46. The maximum atomic E-state index is 5.79. The smallest absolute Gasteiger partial charge is 0.158 e. The van der Waals surface area contributed by atoms with Crippen molar-refractivity contribution in [2.75, 3.05) is 36.5 Å². The Balaban J connectivity index is 2.21. The molecule has 118 valence electrons. The van der Waals surface area contributed by atoms with Crippen molar-refractivity contribution in [3.05, 3.63) is 11.9 Å². The summed E-state index contributed by atoms with van der Waals surface area (Å²) in [6.07, 6.45) is 0.420. The molecule has 0 spiro atoms. The van der Waals surface area contributed by atoms with Gasteiger partial charge in [-0.15, -0.1) is 0 Å². The molecule has 2 heterocycles. The van der Waals surface area contributed by atoms with Gasteiger partial charge < -0.3 is 19.7 Å². The minimum Gasteiger partial charge on any atom is -0.374 e. The molecule has 1 fully saturated rings. The average molecular weight is 294 g/mol. The highest BCUT2D eigenvalue weighted by molar-refractivity contribution is 5.50. The van der Waals surface area contributed by atoms with Crippen LogP contribution in [0.15, 0.2) is 6.07 Å². The van der Waals surface area contributed by atoms with Gasteiger partial charge in [0.25, 0.3) is 0 Å². The molecule has 1 aliphatic rings. The maximum Gasteiger partial charge on any atom is 0.158 e. The van der Waals surface area contributed by atoms with Crippen LogP contribution in [0.25, 0.3) is 0 Å². The lowest BCUT2D eigenvalue weighted by atomic mass is 10.2. The number of anilines is 2. The Kier molecular flexibility index (Phi) is 5.76. The highest BCUT2D eigenvalue weighted by Crippen LogP contribution is 2.21. The molecule has 2 rings (SSSR count). The Labute approximate surface area is 126 Å². The topological polar surface area (TPSA) is 59.5 Å². The molecule has 0 radical (unpaired) electrons. The van der Waals surface area contributed by atoms with Gasteiger partial charge in [0.1, 0.15) is 18.2 Å². The summed E-state index contributed by atoms with van der Waals surface area (Å²) in [5, 5.41) is 3.26. The summed E-state index contributed by atoms with van der Waals surface area (Å²) in [5.74, 6) is 2.51. The van der Waals surface area contributed by atoms with E-state index in [9.17, 15) is 0 Å². The predicted octanol–water partition coefficient (Wildman–Crippen LogP) is 2.06. The number of ether oxygens (including phenoxy) is 2. The molecule has 2 atom stereocenters. The predicted molar refractivity (Wildman–Crippen MR) is 83.7 cm³/mol. The van der Waals surface area contributed by atoms with Crippen LogP contribution >= 0.6 is 0 Å². The minimum absolute atomic E-state index is 0.210. The van der Waals surface area contributed by atoms with Gasteiger partial charge >= 0.3 is 0 Å². The second-order valence-corrected chi connectivity index (χ2v) is 5.36. The lowest BCUT2D eigenvalue weighted by Gasteiger charge is -2.36. The van der Waals surface area contributed by atoms with E-state index in [0.29, 0.717) is 13.2 Å². The lowest BCUT2D eigenvalue weighted by molar-refractivity contribution is -0.00549. The molecule has 1 N–H and O–H groups in total. The normalized spacial score (nSPS) is 22.4. The van der Waals surface area contributed by atoms with E-state index in [0.717, 1.165) is 37.1 Å². The van der Waals surface area contributed by atoms with Crippen molar-refractivity contribution in [1.29, 1.82) is 0 Å². The fraction of sp³-hybridized carbons (Fsp3) is 0.733. The van der Waals surface area contributed by atoms with Crippen LogP contribution in [0.2, 0.25) is 0 Å². The van der Waals surface area contributed by atoms with Crippen LogP contribution in [-0.4, -0.2) is 48.4 Å². The third kappa shape index (κ3) is 4.54. The zero-order chi connectivity index (χ0) is 15.2. The fourth-order valence-electron chi connectivity index (χ4n) is 2.54. The Morgan fingerprint density at radius 3 is 2.62 bits per heavy atom. The largest absolute Gasteiger partial charge is 0.374 e. The molecule has 1 aromatic heterocycles. The van der Waals surface area contributed by atoms with Crippen LogP contribution in [0.4, 0.5) is 11.6 Å². The third-order valence-electron chi connectivity index (χ3n) is 3.30. The van der Waals surface area contributed by atoms with Gasteiger partial charge in [0.2, 0.25) is 0 Å². The van der Waals surface area contributed by atoms with Crippen LogP contribution in [0.5, 0.6) is 0 Å². The van der Waals surface area contributed by atoms with Crippen molar-refractivity contribution in [3.8, 4) is 0 Å². The van der Waals surface area contributed by atoms with Gasteiger partial charge in [-0.2, -0.15) is 0 Å². The Bertz CT molecular complexity index is 445.